The Bertz CT molecular complexity index is 292. The van der Waals surface area contributed by atoms with Crippen molar-refractivity contribution in [3.63, 3.8) is 0 Å². The molecule has 1 rings (SSSR count). The van der Waals surface area contributed by atoms with E-state index in [1.165, 1.54) is 0 Å². The predicted molar refractivity (Wildman–Crippen MR) is 43.1 cm³/mol. The number of hydrogen-bond acceptors (Lipinski definition) is 2. The van der Waals surface area contributed by atoms with Crippen LogP contribution in [0.2, 0.25) is 0 Å². The first kappa shape index (κ1) is 13.7. The van der Waals surface area contributed by atoms with Gasteiger partial charge in [-0.15, -0.1) is 12.4 Å². The average molecular weight is 271 g/mol. The maximum atomic E-state index is 8.45. The second-order valence-corrected chi connectivity index (χ2v) is 1.77. The first-order valence-corrected chi connectivity index (χ1v) is 2.77. The minimum Gasteiger partial charge on any atom is -0.192 e. The third-order valence-corrected chi connectivity index (χ3v) is 1.17. The Labute approximate surface area is 90.9 Å². The molecule has 0 aromatic heterocycles. The maximum absolute atomic E-state index is 8.45. The van der Waals surface area contributed by atoms with Gasteiger partial charge >= 0.3 is 0 Å². The fourth-order valence-corrected chi connectivity index (χ4v) is 0.678. The monoisotopic (exact) mass is 270 g/mol. The molecule has 0 spiro atoms. The molecular formula is C8H5ClN2Pd. The molecule has 0 radical (unpaired) electrons. The van der Waals surface area contributed by atoms with Gasteiger partial charge < -0.3 is 0 Å². The van der Waals surface area contributed by atoms with Crippen LogP contribution < -0.4 is 0 Å². The van der Waals surface area contributed by atoms with E-state index in [0.29, 0.717) is 11.1 Å². The molecule has 1 aromatic carbocycles. The smallest absolute Gasteiger partial charge is 0.101 e. The second kappa shape index (κ2) is 6.84. The van der Waals surface area contributed by atoms with Crippen LogP contribution in [0, 0.1) is 22.7 Å². The largest absolute Gasteiger partial charge is 0.192 e. The fraction of sp³-hybridized carbons (Fsp3) is 0. The molecule has 0 aliphatic heterocycles. The van der Waals surface area contributed by atoms with E-state index in [1.807, 2.05) is 12.1 Å². The van der Waals surface area contributed by atoms with E-state index in [4.69, 9.17) is 10.5 Å². The molecule has 0 atom stereocenters. The molecule has 0 heterocycles. The van der Waals surface area contributed by atoms with Gasteiger partial charge in [-0.2, -0.15) is 10.5 Å². The molecule has 0 saturated carbocycles. The minimum atomic E-state index is 0. The molecule has 0 N–H and O–H groups in total. The van der Waals surface area contributed by atoms with Crippen LogP contribution in [0.1, 0.15) is 11.1 Å². The first-order chi connectivity index (χ1) is 4.88. The summed E-state index contributed by atoms with van der Waals surface area (Å²) in [5.41, 5.74) is 0.870. The zero-order valence-corrected chi connectivity index (χ0v) is 8.30. The zero-order chi connectivity index (χ0) is 7.40. The van der Waals surface area contributed by atoms with Crippen LogP contribution in [0.4, 0.5) is 0 Å². The Kier molecular flexibility index (Phi) is 7.82. The summed E-state index contributed by atoms with van der Waals surface area (Å²) >= 11 is 0. The van der Waals surface area contributed by atoms with Gasteiger partial charge in [0.2, 0.25) is 0 Å². The van der Waals surface area contributed by atoms with E-state index in [0.717, 1.165) is 0 Å². The van der Waals surface area contributed by atoms with E-state index >= 15 is 0 Å². The second-order valence-electron chi connectivity index (χ2n) is 1.77. The molecule has 0 fully saturated rings. The Morgan fingerprint density at radius 3 is 1.50 bits per heavy atom. The van der Waals surface area contributed by atoms with E-state index in [1.54, 1.807) is 24.3 Å². The fourth-order valence-electron chi connectivity index (χ4n) is 0.678. The van der Waals surface area contributed by atoms with Crippen molar-refractivity contribution in [3.8, 4) is 12.1 Å². The first-order valence-electron chi connectivity index (χ1n) is 2.77. The molecule has 0 amide bonds. The van der Waals surface area contributed by atoms with Crippen molar-refractivity contribution in [1.82, 2.24) is 0 Å². The Morgan fingerprint density at radius 2 is 1.25 bits per heavy atom. The molecule has 0 unspecified atom stereocenters. The van der Waals surface area contributed by atoms with Gasteiger partial charge in [-0.1, -0.05) is 12.1 Å². The normalized spacial score (nSPS) is 6.50. The molecule has 0 aliphatic rings. The molecule has 12 heavy (non-hydrogen) atoms. The molecule has 1 aromatic rings. The van der Waals surface area contributed by atoms with Gasteiger partial charge in [0.15, 0.2) is 0 Å². The van der Waals surface area contributed by atoms with E-state index < -0.39 is 0 Å². The van der Waals surface area contributed by atoms with Gasteiger partial charge in [-0.25, -0.2) is 0 Å². The van der Waals surface area contributed by atoms with E-state index in [2.05, 4.69) is 0 Å². The summed E-state index contributed by atoms with van der Waals surface area (Å²) in [6, 6.07) is 10.6. The molecule has 4 heteroatoms. The minimum absolute atomic E-state index is 0. The van der Waals surface area contributed by atoms with Crippen molar-refractivity contribution >= 4 is 12.4 Å². The van der Waals surface area contributed by atoms with Crippen molar-refractivity contribution < 1.29 is 20.4 Å². The summed E-state index contributed by atoms with van der Waals surface area (Å²) in [5.74, 6) is 0. The van der Waals surface area contributed by atoms with Crippen molar-refractivity contribution in [2.24, 2.45) is 0 Å². The van der Waals surface area contributed by atoms with E-state index in [-0.39, 0.29) is 32.8 Å². The van der Waals surface area contributed by atoms with Gasteiger partial charge in [0, 0.05) is 20.4 Å². The summed E-state index contributed by atoms with van der Waals surface area (Å²) in [6.07, 6.45) is 0. The van der Waals surface area contributed by atoms with Crippen LogP contribution in [0.5, 0.6) is 0 Å². The summed E-state index contributed by atoms with van der Waals surface area (Å²) in [7, 11) is 0. The summed E-state index contributed by atoms with van der Waals surface area (Å²) in [4.78, 5) is 0. The topological polar surface area (TPSA) is 47.6 Å². The molecule has 2 nitrogen and oxygen atoms in total. The van der Waals surface area contributed by atoms with Crippen molar-refractivity contribution in [1.29, 1.82) is 10.5 Å². The van der Waals surface area contributed by atoms with Crippen LogP contribution in [-0.2, 0) is 20.4 Å². The molecule has 64 valence electrons. The number of benzene rings is 1. The van der Waals surface area contributed by atoms with Crippen LogP contribution >= 0.6 is 12.4 Å². The van der Waals surface area contributed by atoms with E-state index in [9.17, 15) is 0 Å². The SMILES string of the molecule is Cl.N#Cc1ccccc1C#N.[Pd]. The third kappa shape index (κ3) is 3.04. The van der Waals surface area contributed by atoms with Crippen molar-refractivity contribution in [2.75, 3.05) is 0 Å². The number of hydrogen-bond donors (Lipinski definition) is 0. The predicted octanol–water partition coefficient (Wildman–Crippen LogP) is 1.85. The molecule has 0 bridgehead atoms. The summed E-state index contributed by atoms with van der Waals surface area (Å²) in [5, 5.41) is 16.9. The Morgan fingerprint density at radius 1 is 0.917 bits per heavy atom. The van der Waals surface area contributed by atoms with Crippen LogP contribution in [0.3, 0.4) is 0 Å². The number of nitriles is 2. The van der Waals surface area contributed by atoms with Crippen molar-refractivity contribution in [3.05, 3.63) is 35.4 Å². The van der Waals surface area contributed by atoms with Gasteiger partial charge in [0.05, 0.1) is 11.1 Å². The number of nitrogens with zero attached hydrogens (tertiary/aromatic N) is 2. The summed E-state index contributed by atoms with van der Waals surface area (Å²) < 4.78 is 0. The Balaban J connectivity index is 0. The molecule has 0 saturated heterocycles. The summed E-state index contributed by atoms with van der Waals surface area (Å²) in [6.45, 7) is 0. The molecule has 0 aliphatic carbocycles. The van der Waals surface area contributed by atoms with Gasteiger partial charge in [-0.05, 0) is 12.1 Å². The molecular weight excluding hydrogens is 266 g/mol. The van der Waals surface area contributed by atoms with Gasteiger partial charge in [-0.3, -0.25) is 0 Å². The third-order valence-electron chi connectivity index (χ3n) is 1.17. The van der Waals surface area contributed by atoms with Crippen molar-refractivity contribution in [2.45, 2.75) is 0 Å². The Hall–Kier alpha value is -0.848. The van der Waals surface area contributed by atoms with Crippen LogP contribution in [0.25, 0.3) is 0 Å². The maximum Gasteiger partial charge on any atom is 0.101 e. The standard InChI is InChI=1S/C8H4N2.ClH.Pd/c9-5-7-3-1-2-4-8(7)6-10;;/h1-4H;1H;. The van der Waals surface area contributed by atoms with Gasteiger partial charge in [0.25, 0.3) is 0 Å². The average Bonchev–Trinajstić information content (AvgIpc) is 2.04. The van der Waals surface area contributed by atoms with Gasteiger partial charge in [0.1, 0.15) is 12.1 Å². The quantitative estimate of drug-likeness (QED) is 0.676. The zero-order valence-electron chi connectivity index (χ0n) is 5.93. The number of halogens is 1. The van der Waals surface area contributed by atoms with Crippen LogP contribution in [-0.4, -0.2) is 0 Å². The van der Waals surface area contributed by atoms with Crippen LogP contribution in [0.15, 0.2) is 24.3 Å². The number of rotatable bonds is 0.